The van der Waals surface area contributed by atoms with Crippen molar-refractivity contribution in [3.8, 4) is 0 Å². The fraction of sp³-hybridized carbons (Fsp3) is 0.214. The van der Waals surface area contributed by atoms with Gasteiger partial charge in [0.2, 0.25) is 5.82 Å². The third-order valence-electron chi connectivity index (χ3n) is 3.91. The third-order valence-corrected chi connectivity index (χ3v) is 4.66. The van der Waals surface area contributed by atoms with E-state index in [1.807, 2.05) is 0 Å². The SMILES string of the molecule is O=[N+]([O-])c1c(NC2CCc3ccc(F)cc32)nc2sccn12. The minimum Gasteiger partial charge on any atom is -0.358 e. The van der Waals surface area contributed by atoms with Gasteiger partial charge in [-0.2, -0.15) is 9.38 Å². The zero-order chi connectivity index (χ0) is 15.3. The third kappa shape index (κ3) is 1.95. The molecule has 2 heterocycles. The van der Waals surface area contributed by atoms with Crippen molar-refractivity contribution in [2.75, 3.05) is 5.32 Å². The maximum absolute atomic E-state index is 13.4. The second-order valence-electron chi connectivity index (χ2n) is 5.18. The van der Waals surface area contributed by atoms with Gasteiger partial charge in [-0.15, -0.1) is 0 Å². The highest BCUT2D eigenvalue weighted by Crippen LogP contribution is 2.37. The first-order valence-electron chi connectivity index (χ1n) is 6.78. The van der Waals surface area contributed by atoms with E-state index in [1.54, 1.807) is 17.6 Å². The lowest BCUT2D eigenvalue weighted by Crippen LogP contribution is -2.09. The van der Waals surface area contributed by atoms with Crippen molar-refractivity contribution in [2.45, 2.75) is 18.9 Å². The Morgan fingerprint density at radius 1 is 1.50 bits per heavy atom. The molecule has 0 saturated heterocycles. The number of halogens is 1. The molecule has 2 aromatic heterocycles. The molecule has 1 unspecified atom stereocenters. The lowest BCUT2D eigenvalue weighted by atomic mass is 10.1. The molecule has 0 radical (unpaired) electrons. The molecular weight excluding hydrogens is 307 g/mol. The lowest BCUT2D eigenvalue weighted by molar-refractivity contribution is -0.389. The number of nitrogens with one attached hydrogen (secondary N) is 1. The molecule has 0 spiro atoms. The van der Waals surface area contributed by atoms with Gasteiger partial charge in [-0.05, 0) is 41.0 Å². The van der Waals surface area contributed by atoms with E-state index in [1.165, 1.54) is 27.9 Å². The van der Waals surface area contributed by atoms with Crippen molar-refractivity contribution >= 4 is 27.9 Å². The summed E-state index contributed by atoms with van der Waals surface area (Å²) in [6.07, 6.45) is 3.21. The summed E-state index contributed by atoms with van der Waals surface area (Å²) in [5.41, 5.74) is 1.92. The first-order valence-corrected chi connectivity index (χ1v) is 7.66. The molecule has 0 saturated carbocycles. The van der Waals surface area contributed by atoms with E-state index in [0.29, 0.717) is 4.96 Å². The standard InChI is InChI=1S/C14H11FN4O2S/c15-9-3-1-8-2-4-11(10(8)7-9)16-12-13(19(20)21)18-5-6-22-14(18)17-12/h1,3,5-7,11,16H,2,4H2. The van der Waals surface area contributed by atoms with Crippen LogP contribution in [0.4, 0.5) is 16.0 Å². The van der Waals surface area contributed by atoms with Gasteiger partial charge in [0, 0.05) is 5.38 Å². The van der Waals surface area contributed by atoms with Gasteiger partial charge in [0.1, 0.15) is 12.0 Å². The summed E-state index contributed by atoms with van der Waals surface area (Å²) >= 11 is 1.33. The van der Waals surface area contributed by atoms with Gasteiger partial charge in [0.05, 0.1) is 6.04 Å². The van der Waals surface area contributed by atoms with E-state index in [9.17, 15) is 14.5 Å². The molecule has 8 heteroatoms. The normalized spacial score (nSPS) is 16.9. The number of imidazole rings is 1. The fourth-order valence-corrected chi connectivity index (χ4v) is 3.64. The summed E-state index contributed by atoms with van der Waals surface area (Å²) in [4.78, 5) is 15.7. The van der Waals surface area contributed by atoms with E-state index < -0.39 is 4.92 Å². The van der Waals surface area contributed by atoms with Gasteiger partial charge in [-0.25, -0.2) is 4.39 Å². The first kappa shape index (κ1) is 13.2. The van der Waals surface area contributed by atoms with E-state index in [4.69, 9.17) is 0 Å². The average molecular weight is 318 g/mol. The number of aryl methyl sites for hydroxylation is 1. The summed E-state index contributed by atoms with van der Waals surface area (Å²) in [6.45, 7) is 0. The number of anilines is 1. The number of nitrogens with zero attached hydrogens (tertiary/aromatic N) is 3. The summed E-state index contributed by atoms with van der Waals surface area (Å²) < 4.78 is 14.9. The summed E-state index contributed by atoms with van der Waals surface area (Å²) in [5, 5.41) is 16.2. The van der Waals surface area contributed by atoms with Crippen LogP contribution in [0.2, 0.25) is 0 Å². The van der Waals surface area contributed by atoms with E-state index in [0.717, 1.165) is 24.0 Å². The summed E-state index contributed by atoms with van der Waals surface area (Å²) in [7, 11) is 0. The maximum atomic E-state index is 13.4. The van der Waals surface area contributed by atoms with Crippen LogP contribution in [0.25, 0.3) is 4.96 Å². The van der Waals surface area contributed by atoms with Gasteiger partial charge < -0.3 is 15.4 Å². The number of hydrogen-bond donors (Lipinski definition) is 1. The smallest absolute Gasteiger partial charge is 0.358 e. The quantitative estimate of drug-likeness (QED) is 0.592. The minimum atomic E-state index is -0.448. The van der Waals surface area contributed by atoms with Crippen molar-refractivity contribution in [3.05, 3.63) is 56.8 Å². The van der Waals surface area contributed by atoms with Gasteiger partial charge >= 0.3 is 5.82 Å². The summed E-state index contributed by atoms with van der Waals surface area (Å²) in [6, 6.07) is 4.54. The van der Waals surface area contributed by atoms with Crippen LogP contribution >= 0.6 is 11.3 Å². The zero-order valence-electron chi connectivity index (χ0n) is 11.3. The molecule has 1 aromatic carbocycles. The van der Waals surface area contributed by atoms with Crippen LogP contribution in [-0.4, -0.2) is 14.3 Å². The monoisotopic (exact) mass is 318 g/mol. The molecule has 0 fully saturated rings. The predicted octanol–water partition coefficient (Wildman–Crippen LogP) is 3.54. The van der Waals surface area contributed by atoms with E-state index in [2.05, 4.69) is 10.3 Å². The van der Waals surface area contributed by atoms with Gasteiger partial charge in [0.25, 0.3) is 4.96 Å². The highest BCUT2D eigenvalue weighted by atomic mass is 32.1. The molecule has 1 atom stereocenters. The topological polar surface area (TPSA) is 72.5 Å². The molecule has 112 valence electrons. The van der Waals surface area contributed by atoms with E-state index >= 15 is 0 Å². The molecule has 1 aliphatic carbocycles. The summed E-state index contributed by atoms with van der Waals surface area (Å²) in [5.74, 6) is -0.146. The molecule has 0 aliphatic heterocycles. The molecule has 22 heavy (non-hydrogen) atoms. The number of rotatable bonds is 3. The highest BCUT2D eigenvalue weighted by molar-refractivity contribution is 7.15. The van der Waals surface area contributed by atoms with Crippen LogP contribution in [0.5, 0.6) is 0 Å². The fourth-order valence-electron chi connectivity index (χ4n) is 2.93. The van der Waals surface area contributed by atoms with Crippen LogP contribution < -0.4 is 5.32 Å². The van der Waals surface area contributed by atoms with Crippen LogP contribution in [0.15, 0.2) is 29.8 Å². The van der Waals surface area contributed by atoms with Gasteiger partial charge in [0.15, 0.2) is 0 Å². The molecule has 0 bridgehead atoms. The number of benzene rings is 1. The average Bonchev–Trinajstić information content (AvgIpc) is 3.13. The van der Waals surface area contributed by atoms with Crippen molar-refractivity contribution in [1.82, 2.24) is 9.38 Å². The molecule has 1 N–H and O–H groups in total. The van der Waals surface area contributed by atoms with Crippen molar-refractivity contribution in [1.29, 1.82) is 0 Å². The Kier molecular flexibility index (Phi) is 2.86. The van der Waals surface area contributed by atoms with E-state index in [-0.39, 0.29) is 23.5 Å². The van der Waals surface area contributed by atoms with Crippen LogP contribution in [0.3, 0.4) is 0 Å². The number of fused-ring (bicyclic) bond motifs is 2. The number of hydrogen-bond acceptors (Lipinski definition) is 5. The largest absolute Gasteiger partial charge is 0.372 e. The number of thiazole rings is 1. The number of nitro groups is 1. The van der Waals surface area contributed by atoms with Crippen molar-refractivity contribution in [3.63, 3.8) is 0 Å². The van der Waals surface area contributed by atoms with Crippen LogP contribution in [0.1, 0.15) is 23.6 Å². The van der Waals surface area contributed by atoms with Crippen molar-refractivity contribution < 1.29 is 9.31 Å². The Morgan fingerprint density at radius 3 is 3.18 bits per heavy atom. The molecule has 0 amide bonds. The van der Waals surface area contributed by atoms with Crippen LogP contribution in [0, 0.1) is 15.9 Å². The second-order valence-corrected chi connectivity index (χ2v) is 6.05. The van der Waals surface area contributed by atoms with Crippen molar-refractivity contribution in [2.24, 2.45) is 0 Å². The predicted molar refractivity (Wildman–Crippen MR) is 80.8 cm³/mol. The zero-order valence-corrected chi connectivity index (χ0v) is 12.1. The lowest BCUT2D eigenvalue weighted by Gasteiger charge is -2.13. The van der Waals surface area contributed by atoms with Crippen LogP contribution in [-0.2, 0) is 6.42 Å². The Balaban J connectivity index is 1.74. The molecule has 1 aliphatic rings. The Morgan fingerprint density at radius 2 is 2.36 bits per heavy atom. The molecule has 4 rings (SSSR count). The minimum absolute atomic E-state index is 0.0823. The Labute approximate surface area is 128 Å². The first-order chi connectivity index (χ1) is 10.6. The molecular formula is C14H11FN4O2S. The molecule has 3 aromatic rings. The Hall–Kier alpha value is -2.48. The second kappa shape index (κ2) is 4.77. The van der Waals surface area contributed by atoms with Gasteiger partial charge in [-0.1, -0.05) is 17.4 Å². The highest BCUT2D eigenvalue weighted by Gasteiger charge is 2.29. The number of aromatic nitrogens is 2. The van der Waals surface area contributed by atoms with Gasteiger partial charge in [-0.3, -0.25) is 0 Å². The maximum Gasteiger partial charge on any atom is 0.372 e. The molecule has 6 nitrogen and oxygen atoms in total. The Bertz CT molecular complexity index is 888.